The van der Waals surface area contributed by atoms with E-state index < -0.39 is 11.9 Å². The predicted molar refractivity (Wildman–Crippen MR) is 159 cm³/mol. The van der Waals surface area contributed by atoms with E-state index in [1.54, 1.807) is 17.9 Å². The first-order chi connectivity index (χ1) is 20.0. The predicted octanol–water partition coefficient (Wildman–Crippen LogP) is 3.70. The van der Waals surface area contributed by atoms with Crippen molar-refractivity contribution in [2.75, 3.05) is 51.4 Å². The number of benzene rings is 1. The van der Waals surface area contributed by atoms with Crippen LogP contribution in [0.1, 0.15) is 85.1 Å². The summed E-state index contributed by atoms with van der Waals surface area (Å²) in [5.74, 6) is 0.00388. The number of aromatic nitrogens is 1. The van der Waals surface area contributed by atoms with Crippen LogP contribution in [0.3, 0.4) is 0 Å². The lowest BCUT2D eigenvalue weighted by molar-refractivity contribution is -0.145. The molecule has 3 heterocycles. The molecule has 0 atom stereocenters. The number of rotatable bonds is 11. The molecule has 4 rings (SSSR count). The van der Waals surface area contributed by atoms with Crippen LogP contribution in [0.15, 0.2) is 18.2 Å². The van der Waals surface area contributed by atoms with Gasteiger partial charge in [0.1, 0.15) is 17.3 Å². The number of ketones is 1. The van der Waals surface area contributed by atoms with E-state index in [2.05, 4.69) is 15.2 Å². The molecule has 1 aromatic carbocycles. The highest BCUT2D eigenvalue weighted by molar-refractivity contribution is 6.06. The number of carbonyl (C=O) groups is 3. The number of carbonyl (C=O) groups excluding carboxylic acids is 3. The van der Waals surface area contributed by atoms with Crippen molar-refractivity contribution >= 4 is 29.2 Å². The lowest BCUT2D eigenvalue weighted by atomic mass is 9.84. The molecule has 1 fully saturated rings. The molecular formula is C31H41N5O6. The van der Waals surface area contributed by atoms with E-state index >= 15 is 0 Å². The number of amides is 1. The summed E-state index contributed by atoms with van der Waals surface area (Å²) in [4.78, 5) is 46.7. The molecular weight excluding hydrogens is 538 g/mol. The van der Waals surface area contributed by atoms with Crippen molar-refractivity contribution in [1.29, 1.82) is 5.41 Å². The Balaban J connectivity index is 1.66. The number of anilines is 1. The summed E-state index contributed by atoms with van der Waals surface area (Å²) in [7, 11) is 1.51. The monoisotopic (exact) mass is 579 g/mol. The van der Waals surface area contributed by atoms with Gasteiger partial charge in [-0.1, -0.05) is 20.8 Å². The fourth-order valence-corrected chi connectivity index (χ4v) is 5.25. The molecule has 1 saturated heterocycles. The number of nitrogens with one attached hydrogen (secondary N) is 2. The van der Waals surface area contributed by atoms with E-state index in [1.165, 1.54) is 7.05 Å². The fraction of sp³-hybridized carbons (Fsp3) is 0.516. The largest absolute Gasteiger partial charge is 0.491 e. The molecule has 1 amide bonds. The van der Waals surface area contributed by atoms with Crippen molar-refractivity contribution in [3.05, 3.63) is 46.3 Å². The number of amidine groups is 1. The van der Waals surface area contributed by atoms with Crippen LogP contribution in [0.5, 0.6) is 11.5 Å². The van der Waals surface area contributed by atoms with Gasteiger partial charge in [-0.15, -0.1) is 0 Å². The summed E-state index contributed by atoms with van der Waals surface area (Å²) in [6.45, 7) is 12.0. The van der Waals surface area contributed by atoms with E-state index in [0.29, 0.717) is 35.9 Å². The zero-order valence-electron chi connectivity index (χ0n) is 25.4. The highest BCUT2D eigenvalue weighted by Crippen LogP contribution is 2.42. The molecule has 2 aromatic rings. The number of hydrogen-bond donors (Lipinski definition) is 2. The zero-order chi connectivity index (χ0) is 30.6. The highest BCUT2D eigenvalue weighted by atomic mass is 16.6. The van der Waals surface area contributed by atoms with Crippen molar-refractivity contribution in [3.8, 4) is 11.5 Å². The average Bonchev–Trinajstić information content (AvgIpc) is 3.59. The van der Waals surface area contributed by atoms with Gasteiger partial charge in [0.15, 0.2) is 23.8 Å². The molecule has 2 aliphatic rings. The van der Waals surface area contributed by atoms with Crippen molar-refractivity contribution in [3.63, 3.8) is 0 Å². The molecule has 2 N–H and O–H groups in total. The van der Waals surface area contributed by atoms with E-state index in [-0.39, 0.29) is 42.5 Å². The Morgan fingerprint density at radius 1 is 1.05 bits per heavy atom. The van der Waals surface area contributed by atoms with Crippen molar-refractivity contribution in [1.82, 2.24) is 15.2 Å². The van der Waals surface area contributed by atoms with Gasteiger partial charge in [0.05, 0.1) is 25.4 Å². The molecule has 226 valence electrons. The second-order valence-corrected chi connectivity index (χ2v) is 11.4. The molecule has 0 saturated carbocycles. The van der Waals surface area contributed by atoms with Crippen LogP contribution >= 0.6 is 0 Å². The molecule has 11 nitrogen and oxygen atoms in total. The number of Topliss-reactive ketones (excluding diaryl/α,β-unsaturated/α-hetero) is 1. The molecule has 0 aliphatic carbocycles. The maximum absolute atomic E-state index is 13.8. The van der Waals surface area contributed by atoms with Gasteiger partial charge in [0.2, 0.25) is 0 Å². The summed E-state index contributed by atoms with van der Waals surface area (Å²) >= 11 is 0. The summed E-state index contributed by atoms with van der Waals surface area (Å²) in [6, 6.07) is 5.41. The minimum Gasteiger partial charge on any atom is -0.491 e. The Morgan fingerprint density at radius 3 is 2.38 bits per heavy atom. The van der Waals surface area contributed by atoms with Gasteiger partial charge in [0, 0.05) is 43.4 Å². The lowest BCUT2D eigenvalue weighted by Crippen LogP contribution is -2.31. The fourth-order valence-electron chi connectivity index (χ4n) is 5.25. The van der Waals surface area contributed by atoms with Gasteiger partial charge < -0.3 is 29.3 Å². The molecule has 0 bridgehead atoms. The number of pyridine rings is 1. The van der Waals surface area contributed by atoms with Crippen LogP contribution < -0.4 is 19.7 Å². The lowest BCUT2D eigenvalue weighted by Gasteiger charge is -2.29. The van der Waals surface area contributed by atoms with E-state index in [4.69, 9.17) is 19.6 Å². The molecule has 2 aliphatic heterocycles. The van der Waals surface area contributed by atoms with E-state index in [9.17, 15) is 14.4 Å². The molecule has 0 spiro atoms. The van der Waals surface area contributed by atoms with Crippen LogP contribution in [0.25, 0.3) is 0 Å². The maximum atomic E-state index is 13.8. The summed E-state index contributed by atoms with van der Waals surface area (Å²) in [6.07, 6.45) is 2.05. The molecule has 11 heteroatoms. The summed E-state index contributed by atoms with van der Waals surface area (Å²) < 4.78 is 16.8. The number of hydrogen-bond acceptors (Lipinski definition) is 9. The Kier molecular flexibility index (Phi) is 9.38. The Labute approximate surface area is 247 Å². The van der Waals surface area contributed by atoms with Crippen LogP contribution in [0, 0.1) is 5.41 Å². The molecule has 42 heavy (non-hydrogen) atoms. The van der Waals surface area contributed by atoms with Crippen LogP contribution in [-0.4, -0.2) is 79.9 Å². The van der Waals surface area contributed by atoms with Crippen LogP contribution in [0.4, 0.5) is 5.69 Å². The third kappa shape index (κ3) is 6.50. The first-order valence-corrected chi connectivity index (χ1v) is 14.5. The van der Waals surface area contributed by atoms with Crippen molar-refractivity contribution in [2.24, 2.45) is 0 Å². The Hall–Kier alpha value is -4.15. The van der Waals surface area contributed by atoms with Gasteiger partial charge in [-0.05, 0) is 50.3 Å². The molecule has 0 unspecified atom stereocenters. The normalized spacial score (nSPS) is 14.6. The van der Waals surface area contributed by atoms with Gasteiger partial charge in [-0.3, -0.25) is 15.0 Å². The third-order valence-corrected chi connectivity index (χ3v) is 7.33. The Bertz CT molecular complexity index is 1380. The topological polar surface area (TPSA) is 134 Å². The zero-order valence-corrected chi connectivity index (χ0v) is 25.4. The second kappa shape index (κ2) is 12.8. The quantitative estimate of drug-likeness (QED) is 0.302. The Morgan fingerprint density at radius 2 is 1.76 bits per heavy atom. The maximum Gasteiger partial charge on any atom is 0.344 e. The van der Waals surface area contributed by atoms with Gasteiger partial charge in [-0.25, -0.2) is 9.78 Å². The number of ether oxygens (including phenoxy) is 3. The average molecular weight is 580 g/mol. The molecule has 1 aromatic heterocycles. The second-order valence-electron chi connectivity index (χ2n) is 11.4. The minimum atomic E-state index is -0.447. The van der Waals surface area contributed by atoms with E-state index in [1.807, 2.05) is 39.8 Å². The van der Waals surface area contributed by atoms with Crippen LogP contribution in [0.2, 0.25) is 0 Å². The summed E-state index contributed by atoms with van der Waals surface area (Å²) in [5, 5.41) is 11.3. The smallest absolute Gasteiger partial charge is 0.344 e. The van der Waals surface area contributed by atoms with Crippen LogP contribution in [-0.2, 0) is 21.5 Å². The molecule has 0 radical (unpaired) electrons. The number of fused-ring (bicyclic) bond motifs is 1. The van der Waals surface area contributed by atoms with Crippen molar-refractivity contribution in [2.45, 2.75) is 59.4 Å². The van der Waals surface area contributed by atoms with Gasteiger partial charge in [-0.2, -0.15) is 0 Å². The third-order valence-electron chi connectivity index (χ3n) is 7.33. The van der Waals surface area contributed by atoms with Gasteiger partial charge >= 0.3 is 5.97 Å². The first kappa shape index (κ1) is 30.8. The van der Waals surface area contributed by atoms with Crippen molar-refractivity contribution < 1.29 is 28.6 Å². The number of esters is 1. The van der Waals surface area contributed by atoms with Gasteiger partial charge in [0.25, 0.3) is 5.91 Å². The summed E-state index contributed by atoms with van der Waals surface area (Å²) in [5.41, 5.74) is 2.91. The van der Waals surface area contributed by atoms with E-state index in [0.717, 1.165) is 42.7 Å². The minimum absolute atomic E-state index is 0.0411. The SMILES string of the molecule is CCOC(=O)COc1c(N2CCCC2)cc(C(=O)CN2Cc3cc(OCC)c(C(=O)NC)nc3C2=N)cc1C(C)(C)C. The number of nitrogens with zero attached hydrogens (tertiary/aromatic N) is 3. The highest BCUT2D eigenvalue weighted by Gasteiger charge is 2.33. The standard InChI is InChI=1S/C31H41N5O6/c1-7-40-24-15-20-16-36(29(32)26(20)34-27(24)30(39)33-6)17-23(37)19-13-21(31(3,4)5)28(42-18-25(38)41-8-2)22(14-19)35-11-9-10-12-35/h13-15,32H,7-12,16-18H2,1-6H3,(H,33,39). The first-order valence-electron chi connectivity index (χ1n) is 14.5.